The summed E-state index contributed by atoms with van der Waals surface area (Å²) in [7, 11) is 0. The summed E-state index contributed by atoms with van der Waals surface area (Å²) in [6.07, 6.45) is -0.112. The molecule has 2 rings (SSSR count). The number of amides is 1. The molecule has 112 valence electrons. The monoisotopic (exact) mass is 317 g/mol. The molecule has 1 aliphatic rings. The zero-order valence-corrected chi connectivity index (χ0v) is 13.8. The van der Waals surface area contributed by atoms with Crippen molar-refractivity contribution in [2.45, 2.75) is 45.3 Å². The molecule has 2 atom stereocenters. The van der Waals surface area contributed by atoms with E-state index < -0.39 is 0 Å². The Kier molecular flexibility index (Phi) is 4.66. The Morgan fingerprint density at radius 1 is 1.50 bits per heavy atom. The van der Waals surface area contributed by atoms with Gasteiger partial charge in [0.05, 0.1) is 23.8 Å². The lowest BCUT2D eigenvalue weighted by Gasteiger charge is -2.36. The Bertz CT molecular complexity index is 486. The predicted octanol–water partition coefficient (Wildman–Crippen LogP) is 2.30. The summed E-state index contributed by atoms with van der Waals surface area (Å²) in [4.78, 5) is 15.1. The van der Waals surface area contributed by atoms with Gasteiger partial charge in [-0.2, -0.15) is 0 Å². The van der Waals surface area contributed by atoms with Crippen LogP contribution in [0.4, 0.5) is 0 Å². The second-order valence-corrected chi connectivity index (χ2v) is 7.20. The average Bonchev–Trinajstić information content (AvgIpc) is 2.86. The third-order valence-corrected chi connectivity index (χ3v) is 4.24. The van der Waals surface area contributed by atoms with Gasteiger partial charge in [0.1, 0.15) is 4.88 Å². The van der Waals surface area contributed by atoms with Crippen molar-refractivity contribution in [3.05, 3.63) is 10.6 Å². The van der Waals surface area contributed by atoms with Crippen LogP contribution in [0.25, 0.3) is 0 Å². The summed E-state index contributed by atoms with van der Waals surface area (Å²) >= 11 is 7.02. The van der Waals surface area contributed by atoms with Crippen molar-refractivity contribution < 1.29 is 9.53 Å². The molecule has 1 aromatic heterocycles. The Labute approximate surface area is 128 Å². The highest BCUT2D eigenvalue weighted by Crippen LogP contribution is 2.27. The fraction of sp³-hybridized carbons (Fsp3) is 0.769. The second-order valence-electron chi connectivity index (χ2n) is 6.13. The average molecular weight is 318 g/mol. The standard InChI is InChI=1S/C13H20ClN3O2S/c1-8-6-17(7-9(5-14)19-8)12(18)10-11(13(2,3)4)15-16-20-10/h8-9H,5-7H2,1-4H3. The van der Waals surface area contributed by atoms with Crippen molar-refractivity contribution >= 4 is 29.0 Å². The molecule has 2 heterocycles. The molecule has 20 heavy (non-hydrogen) atoms. The molecule has 1 aromatic rings. The van der Waals surface area contributed by atoms with Crippen molar-refractivity contribution in [3.8, 4) is 0 Å². The van der Waals surface area contributed by atoms with Crippen molar-refractivity contribution in [2.75, 3.05) is 19.0 Å². The first kappa shape index (κ1) is 15.7. The Balaban J connectivity index is 2.21. The molecular weight excluding hydrogens is 298 g/mol. The Hall–Kier alpha value is -0.720. The van der Waals surface area contributed by atoms with Gasteiger partial charge in [-0.25, -0.2) is 0 Å². The molecule has 1 amide bonds. The lowest BCUT2D eigenvalue weighted by molar-refractivity contribution is -0.0569. The van der Waals surface area contributed by atoms with Crippen LogP contribution >= 0.6 is 23.1 Å². The number of hydrogen-bond acceptors (Lipinski definition) is 5. The van der Waals surface area contributed by atoms with E-state index in [0.717, 1.165) is 17.2 Å². The van der Waals surface area contributed by atoms with E-state index in [4.69, 9.17) is 16.3 Å². The van der Waals surface area contributed by atoms with E-state index in [2.05, 4.69) is 9.59 Å². The van der Waals surface area contributed by atoms with Crippen LogP contribution in [0.5, 0.6) is 0 Å². The molecule has 1 fully saturated rings. The van der Waals surface area contributed by atoms with Gasteiger partial charge in [-0.3, -0.25) is 4.79 Å². The van der Waals surface area contributed by atoms with Crippen molar-refractivity contribution in [3.63, 3.8) is 0 Å². The van der Waals surface area contributed by atoms with Gasteiger partial charge in [-0.05, 0) is 18.5 Å². The van der Waals surface area contributed by atoms with Crippen LogP contribution in [-0.4, -0.2) is 51.6 Å². The molecule has 1 saturated heterocycles. The van der Waals surface area contributed by atoms with Crippen LogP contribution in [0.2, 0.25) is 0 Å². The van der Waals surface area contributed by atoms with Gasteiger partial charge in [-0.15, -0.1) is 16.7 Å². The molecule has 1 aliphatic heterocycles. The molecular formula is C13H20ClN3O2S. The number of alkyl halides is 1. The number of carbonyl (C=O) groups is 1. The maximum Gasteiger partial charge on any atom is 0.267 e. The third kappa shape index (κ3) is 3.30. The Morgan fingerprint density at radius 2 is 2.20 bits per heavy atom. The SMILES string of the molecule is CC1CN(C(=O)c2snnc2C(C)(C)C)CC(CCl)O1. The Morgan fingerprint density at radius 3 is 2.80 bits per heavy atom. The molecule has 0 spiro atoms. The number of halogens is 1. The van der Waals surface area contributed by atoms with Crippen LogP contribution in [0, 0.1) is 0 Å². The third-order valence-electron chi connectivity index (χ3n) is 3.18. The highest BCUT2D eigenvalue weighted by molar-refractivity contribution is 7.08. The van der Waals surface area contributed by atoms with Crippen LogP contribution < -0.4 is 0 Å². The minimum absolute atomic E-state index is 0.00424. The fourth-order valence-corrected chi connectivity index (χ4v) is 3.28. The second kappa shape index (κ2) is 5.95. The zero-order valence-electron chi connectivity index (χ0n) is 12.2. The first-order chi connectivity index (χ1) is 9.32. The van der Waals surface area contributed by atoms with Crippen LogP contribution in [-0.2, 0) is 10.2 Å². The van der Waals surface area contributed by atoms with Crippen molar-refractivity contribution in [1.29, 1.82) is 0 Å². The molecule has 0 aliphatic carbocycles. The largest absolute Gasteiger partial charge is 0.370 e. The van der Waals surface area contributed by atoms with Crippen molar-refractivity contribution in [2.24, 2.45) is 0 Å². The minimum Gasteiger partial charge on any atom is -0.370 e. The van der Waals surface area contributed by atoms with E-state index in [1.165, 1.54) is 0 Å². The van der Waals surface area contributed by atoms with Gasteiger partial charge in [0.25, 0.3) is 5.91 Å². The topological polar surface area (TPSA) is 55.3 Å². The number of nitrogens with zero attached hydrogens (tertiary/aromatic N) is 3. The maximum absolute atomic E-state index is 12.7. The molecule has 0 saturated carbocycles. The smallest absolute Gasteiger partial charge is 0.267 e. The maximum atomic E-state index is 12.7. The minimum atomic E-state index is -0.193. The van der Waals surface area contributed by atoms with Gasteiger partial charge in [0.2, 0.25) is 0 Å². The normalized spacial score (nSPS) is 23.9. The first-order valence-corrected chi connectivity index (χ1v) is 7.97. The van der Waals surface area contributed by atoms with E-state index in [1.807, 2.05) is 27.7 Å². The fourth-order valence-electron chi connectivity index (χ4n) is 2.26. The van der Waals surface area contributed by atoms with Gasteiger partial charge >= 0.3 is 0 Å². The number of rotatable bonds is 2. The first-order valence-electron chi connectivity index (χ1n) is 6.66. The quantitative estimate of drug-likeness (QED) is 0.785. The van der Waals surface area contributed by atoms with Crippen molar-refractivity contribution in [1.82, 2.24) is 14.5 Å². The highest BCUT2D eigenvalue weighted by Gasteiger charge is 2.33. The van der Waals surface area contributed by atoms with E-state index >= 15 is 0 Å². The number of hydrogen-bond donors (Lipinski definition) is 0. The van der Waals surface area contributed by atoms with E-state index in [9.17, 15) is 4.79 Å². The van der Waals surface area contributed by atoms with Gasteiger partial charge in [0, 0.05) is 18.5 Å². The lowest BCUT2D eigenvalue weighted by Crippen LogP contribution is -2.50. The van der Waals surface area contributed by atoms with Crippen LogP contribution in [0.1, 0.15) is 43.1 Å². The van der Waals surface area contributed by atoms with Gasteiger partial charge in [-0.1, -0.05) is 25.3 Å². The van der Waals surface area contributed by atoms with Crippen LogP contribution in [0.3, 0.4) is 0 Å². The highest BCUT2D eigenvalue weighted by atomic mass is 35.5. The molecule has 0 N–H and O–H groups in total. The van der Waals surface area contributed by atoms with E-state index in [0.29, 0.717) is 23.8 Å². The molecule has 5 nitrogen and oxygen atoms in total. The number of ether oxygens (including phenoxy) is 1. The molecule has 0 radical (unpaired) electrons. The number of morpholine rings is 1. The zero-order chi connectivity index (χ0) is 14.9. The molecule has 0 aromatic carbocycles. The summed E-state index contributed by atoms with van der Waals surface area (Å²) < 4.78 is 9.63. The van der Waals surface area contributed by atoms with Gasteiger partial charge < -0.3 is 9.64 Å². The van der Waals surface area contributed by atoms with E-state index in [1.54, 1.807) is 4.90 Å². The summed E-state index contributed by atoms with van der Waals surface area (Å²) in [5.41, 5.74) is 0.566. The summed E-state index contributed by atoms with van der Waals surface area (Å²) in [5.74, 6) is 0.372. The molecule has 7 heteroatoms. The van der Waals surface area contributed by atoms with Gasteiger partial charge in [0.15, 0.2) is 0 Å². The molecule has 2 unspecified atom stereocenters. The number of carbonyl (C=O) groups excluding carboxylic acids is 1. The summed E-state index contributed by atoms with van der Waals surface area (Å²) in [5, 5.41) is 4.13. The summed E-state index contributed by atoms with van der Waals surface area (Å²) in [6.45, 7) is 9.15. The van der Waals surface area contributed by atoms with Crippen LogP contribution in [0.15, 0.2) is 0 Å². The lowest BCUT2D eigenvalue weighted by atomic mass is 9.91. The summed E-state index contributed by atoms with van der Waals surface area (Å²) in [6, 6.07) is 0. The predicted molar refractivity (Wildman–Crippen MR) is 79.6 cm³/mol. The molecule has 0 bridgehead atoms. The number of aromatic nitrogens is 2. The van der Waals surface area contributed by atoms with E-state index in [-0.39, 0.29) is 23.5 Å².